The largest absolute Gasteiger partial charge is 0.523 e. The molecule has 1 aliphatic heterocycles. The lowest BCUT2D eigenvalue weighted by Crippen LogP contribution is -2.30. The SMILES string of the molecule is CCOC(=O)c1cc(Cl)c2c(c1)CC(COS(=O)(=O)C(F)(F)F)O2. The molecule has 0 radical (unpaired) electrons. The van der Waals surface area contributed by atoms with Crippen molar-refractivity contribution in [1.82, 2.24) is 0 Å². The molecule has 1 aliphatic rings. The zero-order valence-electron chi connectivity index (χ0n) is 12.2. The lowest BCUT2D eigenvalue weighted by Gasteiger charge is -2.12. The second kappa shape index (κ2) is 6.77. The van der Waals surface area contributed by atoms with Crippen molar-refractivity contribution in [2.75, 3.05) is 13.2 Å². The van der Waals surface area contributed by atoms with Crippen molar-refractivity contribution in [3.63, 3.8) is 0 Å². The van der Waals surface area contributed by atoms with Crippen LogP contribution in [-0.2, 0) is 25.5 Å². The number of benzene rings is 1. The number of carbonyl (C=O) groups is 1. The number of ether oxygens (including phenoxy) is 2. The van der Waals surface area contributed by atoms with Crippen LogP contribution in [-0.4, -0.2) is 39.2 Å². The van der Waals surface area contributed by atoms with Gasteiger partial charge >= 0.3 is 21.6 Å². The minimum Gasteiger partial charge on any atom is -0.486 e. The first-order valence-corrected chi connectivity index (χ1v) is 8.45. The first-order valence-electron chi connectivity index (χ1n) is 6.67. The lowest BCUT2D eigenvalue weighted by atomic mass is 10.1. The number of hydrogen-bond acceptors (Lipinski definition) is 6. The Morgan fingerprint density at radius 3 is 2.67 bits per heavy atom. The molecule has 0 saturated carbocycles. The van der Waals surface area contributed by atoms with E-state index in [-0.39, 0.29) is 29.4 Å². The Morgan fingerprint density at radius 2 is 2.08 bits per heavy atom. The summed E-state index contributed by atoms with van der Waals surface area (Å²) in [5, 5.41) is 0.0664. The molecule has 0 N–H and O–H groups in total. The molecule has 134 valence electrons. The van der Waals surface area contributed by atoms with Gasteiger partial charge in [-0.15, -0.1) is 0 Å². The number of halogens is 4. The highest BCUT2D eigenvalue weighted by atomic mass is 35.5. The predicted molar refractivity (Wildman–Crippen MR) is 76.5 cm³/mol. The average molecular weight is 389 g/mol. The van der Waals surface area contributed by atoms with Crippen LogP contribution in [0.15, 0.2) is 12.1 Å². The van der Waals surface area contributed by atoms with E-state index in [4.69, 9.17) is 21.1 Å². The third-order valence-electron chi connectivity index (χ3n) is 3.06. The first-order chi connectivity index (χ1) is 11.0. The van der Waals surface area contributed by atoms with Crippen molar-refractivity contribution < 1.29 is 40.0 Å². The molecule has 0 saturated heterocycles. The van der Waals surface area contributed by atoms with Gasteiger partial charge in [-0.2, -0.15) is 21.6 Å². The van der Waals surface area contributed by atoms with Gasteiger partial charge < -0.3 is 9.47 Å². The van der Waals surface area contributed by atoms with E-state index in [0.29, 0.717) is 5.56 Å². The van der Waals surface area contributed by atoms with Crippen molar-refractivity contribution in [3.05, 3.63) is 28.3 Å². The summed E-state index contributed by atoms with van der Waals surface area (Å²) in [6.07, 6.45) is -0.942. The van der Waals surface area contributed by atoms with Gasteiger partial charge in [0.15, 0.2) is 0 Å². The van der Waals surface area contributed by atoms with E-state index in [1.165, 1.54) is 12.1 Å². The zero-order valence-corrected chi connectivity index (χ0v) is 13.8. The second-order valence-electron chi connectivity index (χ2n) is 4.80. The standard InChI is InChI=1S/C13H12ClF3O6S/c1-2-21-12(18)8-3-7-4-9(23-11(7)10(14)5-8)6-22-24(19,20)13(15,16)17/h3,5,9H,2,4,6H2,1H3. The number of carbonyl (C=O) groups excluding carboxylic acids is 1. The van der Waals surface area contributed by atoms with Crippen LogP contribution in [0, 0.1) is 0 Å². The van der Waals surface area contributed by atoms with Crippen molar-refractivity contribution in [2.24, 2.45) is 0 Å². The molecular weight excluding hydrogens is 377 g/mol. The van der Waals surface area contributed by atoms with Gasteiger partial charge in [-0.05, 0) is 19.1 Å². The molecule has 0 aromatic heterocycles. The number of rotatable bonds is 5. The minimum absolute atomic E-state index is 0.0374. The molecule has 6 nitrogen and oxygen atoms in total. The fourth-order valence-corrected chi connectivity index (χ4v) is 2.79. The quantitative estimate of drug-likeness (QED) is 0.438. The van der Waals surface area contributed by atoms with Gasteiger partial charge in [0.25, 0.3) is 0 Å². The van der Waals surface area contributed by atoms with Crippen LogP contribution in [0.25, 0.3) is 0 Å². The van der Waals surface area contributed by atoms with Crippen LogP contribution in [0.1, 0.15) is 22.8 Å². The molecule has 0 fully saturated rings. The second-order valence-corrected chi connectivity index (χ2v) is 6.81. The van der Waals surface area contributed by atoms with Crippen molar-refractivity contribution in [2.45, 2.75) is 25.0 Å². The van der Waals surface area contributed by atoms with Crippen LogP contribution >= 0.6 is 11.6 Å². The molecule has 1 aromatic carbocycles. The van der Waals surface area contributed by atoms with Crippen LogP contribution in [0.5, 0.6) is 5.75 Å². The smallest absolute Gasteiger partial charge is 0.486 e. The van der Waals surface area contributed by atoms with Gasteiger partial charge in [0.1, 0.15) is 18.5 Å². The molecule has 1 unspecified atom stereocenters. The summed E-state index contributed by atoms with van der Waals surface area (Å²) in [6.45, 7) is 0.960. The Balaban J connectivity index is 2.10. The molecule has 2 rings (SSSR count). The fourth-order valence-electron chi connectivity index (χ4n) is 2.05. The molecule has 0 spiro atoms. The van der Waals surface area contributed by atoms with E-state index in [0.717, 1.165) is 0 Å². The van der Waals surface area contributed by atoms with E-state index in [1.54, 1.807) is 6.92 Å². The maximum atomic E-state index is 12.2. The molecule has 1 atom stereocenters. The van der Waals surface area contributed by atoms with Crippen molar-refractivity contribution in [3.8, 4) is 5.75 Å². The predicted octanol–water partition coefficient (Wildman–Crippen LogP) is 2.69. The Bertz CT molecular complexity index is 747. The average Bonchev–Trinajstić information content (AvgIpc) is 2.88. The summed E-state index contributed by atoms with van der Waals surface area (Å²) in [5.74, 6) is -0.440. The summed E-state index contributed by atoms with van der Waals surface area (Å²) in [4.78, 5) is 11.7. The topological polar surface area (TPSA) is 78.9 Å². The van der Waals surface area contributed by atoms with Gasteiger partial charge in [0.2, 0.25) is 0 Å². The van der Waals surface area contributed by atoms with E-state index < -0.39 is 34.3 Å². The van der Waals surface area contributed by atoms with Gasteiger partial charge in [0.05, 0.1) is 17.2 Å². The van der Waals surface area contributed by atoms with E-state index >= 15 is 0 Å². The molecule has 0 bridgehead atoms. The van der Waals surface area contributed by atoms with Gasteiger partial charge in [-0.1, -0.05) is 11.6 Å². The van der Waals surface area contributed by atoms with E-state index in [1.807, 2.05) is 0 Å². The van der Waals surface area contributed by atoms with Crippen LogP contribution < -0.4 is 4.74 Å². The number of fused-ring (bicyclic) bond motifs is 1. The van der Waals surface area contributed by atoms with Gasteiger partial charge in [-0.25, -0.2) is 4.79 Å². The normalized spacial score (nSPS) is 17.3. The zero-order chi connectivity index (χ0) is 18.1. The van der Waals surface area contributed by atoms with Crippen molar-refractivity contribution >= 4 is 27.7 Å². The number of esters is 1. The number of alkyl halides is 3. The van der Waals surface area contributed by atoms with E-state index in [9.17, 15) is 26.4 Å². The van der Waals surface area contributed by atoms with Crippen LogP contribution in [0.4, 0.5) is 13.2 Å². The summed E-state index contributed by atoms with van der Waals surface area (Å²) >= 11 is 5.98. The third kappa shape index (κ3) is 3.93. The van der Waals surface area contributed by atoms with Crippen LogP contribution in [0.3, 0.4) is 0 Å². The monoisotopic (exact) mass is 388 g/mol. The maximum absolute atomic E-state index is 12.2. The van der Waals surface area contributed by atoms with Crippen LogP contribution in [0.2, 0.25) is 5.02 Å². The molecule has 1 heterocycles. The Morgan fingerprint density at radius 1 is 1.42 bits per heavy atom. The molecule has 11 heteroatoms. The highest BCUT2D eigenvalue weighted by molar-refractivity contribution is 7.87. The molecule has 0 amide bonds. The Kier molecular flexibility index (Phi) is 5.31. The summed E-state index contributed by atoms with van der Waals surface area (Å²) in [7, 11) is -5.70. The summed E-state index contributed by atoms with van der Waals surface area (Å²) in [6, 6.07) is 2.73. The summed E-state index contributed by atoms with van der Waals surface area (Å²) in [5.41, 5.74) is -4.90. The first kappa shape index (κ1) is 18.8. The third-order valence-corrected chi connectivity index (χ3v) is 4.35. The fraction of sp³-hybridized carbons (Fsp3) is 0.462. The van der Waals surface area contributed by atoms with Crippen molar-refractivity contribution in [1.29, 1.82) is 0 Å². The Hall–Kier alpha value is -1.52. The van der Waals surface area contributed by atoms with E-state index in [2.05, 4.69) is 4.18 Å². The Labute approximate surface area is 140 Å². The molecule has 0 aliphatic carbocycles. The highest BCUT2D eigenvalue weighted by Crippen LogP contribution is 2.37. The molecule has 1 aromatic rings. The highest BCUT2D eigenvalue weighted by Gasteiger charge is 2.48. The van der Waals surface area contributed by atoms with Gasteiger partial charge in [0, 0.05) is 12.0 Å². The summed E-state index contributed by atoms with van der Waals surface area (Å²) < 4.78 is 72.5. The van der Waals surface area contributed by atoms with Gasteiger partial charge in [-0.3, -0.25) is 4.18 Å². The minimum atomic E-state index is -5.70. The molecule has 24 heavy (non-hydrogen) atoms. The lowest BCUT2D eigenvalue weighted by molar-refractivity contribution is -0.0557. The molecular formula is C13H12ClF3O6S. The maximum Gasteiger partial charge on any atom is 0.523 e. The number of hydrogen-bond donors (Lipinski definition) is 0.